The van der Waals surface area contributed by atoms with Crippen molar-refractivity contribution in [2.75, 3.05) is 39.5 Å². The lowest BCUT2D eigenvalue weighted by Gasteiger charge is -2.33. The third-order valence-electron chi connectivity index (χ3n) is 5.02. The lowest BCUT2D eigenvalue weighted by Crippen LogP contribution is -2.45. The molecule has 0 spiro atoms. The Labute approximate surface area is 134 Å². The van der Waals surface area contributed by atoms with E-state index in [2.05, 4.69) is 21.7 Å². The van der Waals surface area contributed by atoms with Gasteiger partial charge in [-0.1, -0.05) is 0 Å². The third-order valence-corrected chi connectivity index (χ3v) is 5.75. The molecular weight excluding hydrogens is 300 g/mol. The van der Waals surface area contributed by atoms with E-state index in [9.17, 15) is 4.79 Å². The van der Waals surface area contributed by atoms with Crippen LogP contribution in [0.4, 0.5) is 0 Å². The summed E-state index contributed by atoms with van der Waals surface area (Å²) in [6.07, 6.45) is 0.942. The lowest BCUT2D eigenvalue weighted by atomic mass is 9.82. The molecule has 5 nitrogen and oxygen atoms in total. The minimum absolute atomic E-state index is 0.0377. The first-order valence-corrected chi connectivity index (χ1v) is 9.01. The largest absolute Gasteiger partial charge is 0.380 e. The molecule has 3 saturated heterocycles. The standard InChI is InChI=1S/C16H22N2O3S/c19-16(18-3-1-4-21-18)15-10-20-9-13-7-17(8-14(13)15)6-12-2-5-22-11-12/h2,5,11,13-15H,1,3-4,6-10H2/t13-,14-,15+/m0/s1. The second kappa shape index (κ2) is 6.28. The number of fused-ring (bicyclic) bond motifs is 1. The van der Waals surface area contributed by atoms with E-state index in [0.29, 0.717) is 25.0 Å². The van der Waals surface area contributed by atoms with Gasteiger partial charge in [0.1, 0.15) is 0 Å². The smallest absolute Gasteiger partial charge is 0.251 e. The van der Waals surface area contributed by atoms with Crippen molar-refractivity contribution in [3.63, 3.8) is 0 Å². The second-order valence-electron chi connectivity index (χ2n) is 6.52. The molecule has 3 aliphatic rings. The molecule has 120 valence electrons. The summed E-state index contributed by atoms with van der Waals surface area (Å²) >= 11 is 1.74. The molecule has 1 aromatic rings. The zero-order valence-electron chi connectivity index (χ0n) is 12.6. The molecule has 3 aliphatic heterocycles. The Balaban J connectivity index is 1.43. The number of hydrogen-bond acceptors (Lipinski definition) is 5. The minimum atomic E-state index is -0.0377. The van der Waals surface area contributed by atoms with Gasteiger partial charge in [-0.15, -0.1) is 0 Å². The number of rotatable bonds is 3. The van der Waals surface area contributed by atoms with Crippen molar-refractivity contribution in [1.82, 2.24) is 9.96 Å². The summed E-state index contributed by atoms with van der Waals surface area (Å²) in [5.41, 5.74) is 1.37. The number of carbonyl (C=O) groups is 1. The highest BCUT2D eigenvalue weighted by Crippen LogP contribution is 2.36. The molecule has 22 heavy (non-hydrogen) atoms. The summed E-state index contributed by atoms with van der Waals surface area (Å²) < 4.78 is 5.73. The highest BCUT2D eigenvalue weighted by molar-refractivity contribution is 7.07. The van der Waals surface area contributed by atoms with Gasteiger partial charge in [0.05, 0.1) is 32.3 Å². The van der Waals surface area contributed by atoms with Gasteiger partial charge in [0, 0.05) is 19.6 Å². The van der Waals surface area contributed by atoms with Crippen LogP contribution in [0.2, 0.25) is 0 Å². The predicted molar refractivity (Wildman–Crippen MR) is 83.2 cm³/mol. The Hall–Kier alpha value is -0.950. The SMILES string of the molecule is O=C([C@@H]1COC[C@@H]2CN(Cc3ccsc3)C[C@@H]21)N1CCCO1. The van der Waals surface area contributed by atoms with E-state index in [4.69, 9.17) is 9.57 Å². The monoisotopic (exact) mass is 322 g/mol. The molecule has 0 bridgehead atoms. The lowest BCUT2D eigenvalue weighted by molar-refractivity contribution is -0.181. The summed E-state index contributed by atoms with van der Waals surface area (Å²) in [4.78, 5) is 20.6. The number of likely N-dealkylation sites (tertiary alicyclic amines) is 1. The molecular formula is C16H22N2O3S. The van der Waals surface area contributed by atoms with Crippen LogP contribution < -0.4 is 0 Å². The van der Waals surface area contributed by atoms with Crippen molar-refractivity contribution >= 4 is 17.2 Å². The average molecular weight is 322 g/mol. The van der Waals surface area contributed by atoms with Gasteiger partial charge in [-0.05, 0) is 40.6 Å². The number of amides is 1. The number of carbonyl (C=O) groups excluding carboxylic acids is 1. The molecule has 4 rings (SSSR count). The summed E-state index contributed by atoms with van der Waals surface area (Å²) in [5, 5.41) is 5.90. The molecule has 4 heterocycles. The molecule has 1 amide bonds. The van der Waals surface area contributed by atoms with E-state index in [1.807, 2.05) is 0 Å². The van der Waals surface area contributed by atoms with Crippen molar-refractivity contribution in [1.29, 1.82) is 0 Å². The fraction of sp³-hybridized carbons (Fsp3) is 0.688. The van der Waals surface area contributed by atoms with E-state index < -0.39 is 0 Å². The Morgan fingerprint density at radius 2 is 2.32 bits per heavy atom. The molecule has 0 saturated carbocycles. The van der Waals surface area contributed by atoms with Crippen LogP contribution in [0.15, 0.2) is 16.8 Å². The quantitative estimate of drug-likeness (QED) is 0.848. The molecule has 6 heteroatoms. The fourth-order valence-electron chi connectivity index (χ4n) is 3.92. The molecule has 1 aromatic heterocycles. The van der Waals surface area contributed by atoms with E-state index in [1.165, 1.54) is 5.56 Å². The highest BCUT2D eigenvalue weighted by atomic mass is 32.1. The van der Waals surface area contributed by atoms with Crippen LogP contribution in [-0.2, 0) is 20.9 Å². The molecule has 0 aromatic carbocycles. The molecule has 0 radical (unpaired) electrons. The maximum absolute atomic E-state index is 12.7. The summed E-state index contributed by atoms with van der Waals surface area (Å²) in [5.74, 6) is 0.974. The number of thiophene rings is 1. The van der Waals surface area contributed by atoms with E-state index in [1.54, 1.807) is 16.4 Å². The highest BCUT2D eigenvalue weighted by Gasteiger charge is 2.45. The zero-order valence-corrected chi connectivity index (χ0v) is 13.5. The number of hydroxylamine groups is 2. The first kappa shape index (κ1) is 14.6. The van der Waals surface area contributed by atoms with Gasteiger partial charge < -0.3 is 4.74 Å². The van der Waals surface area contributed by atoms with Crippen molar-refractivity contribution in [2.24, 2.45) is 17.8 Å². The van der Waals surface area contributed by atoms with Gasteiger partial charge in [-0.2, -0.15) is 11.3 Å². The van der Waals surface area contributed by atoms with Gasteiger partial charge >= 0.3 is 0 Å². The van der Waals surface area contributed by atoms with Crippen LogP contribution in [0.5, 0.6) is 0 Å². The van der Waals surface area contributed by atoms with Crippen LogP contribution >= 0.6 is 11.3 Å². The molecule has 3 fully saturated rings. The predicted octanol–water partition coefficient (Wildman–Crippen LogP) is 1.61. The van der Waals surface area contributed by atoms with E-state index in [-0.39, 0.29) is 11.8 Å². The van der Waals surface area contributed by atoms with E-state index in [0.717, 1.165) is 39.2 Å². The fourth-order valence-corrected chi connectivity index (χ4v) is 4.58. The summed E-state index contributed by atoms with van der Waals surface area (Å²) in [7, 11) is 0. The molecule has 0 aliphatic carbocycles. The third kappa shape index (κ3) is 2.80. The van der Waals surface area contributed by atoms with Crippen LogP contribution in [0.25, 0.3) is 0 Å². The summed E-state index contributed by atoms with van der Waals surface area (Å²) in [6.45, 7) is 5.74. The van der Waals surface area contributed by atoms with E-state index >= 15 is 0 Å². The van der Waals surface area contributed by atoms with Crippen molar-refractivity contribution in [3.05, 3.63) is 22.4 Å². The van der Waals surface area contributed by atoms with Gasteiger partial charge in [-0.25, -0.2) is 5.06 Å². The average Bonchev–Trinajstić information content (AvgIpc) is 3.27. The second-order valence-corrected chi connectivity index (χ2v) is 7.30. The van der Waals surface area contributed by atoms with Crippen molar-refractivity contribution in [2.45, 2.75) is 13.0 Å². The Bertz CT molecular complexity index is 515. The number of nitrogens with zero attached hydrogens (tertiary/aromatic N) is 2. The van der Waals surface area contributed by atoms with Crippen LogP contribution in [0.1, 0.15) is 12.0 Å². The maximum atomic E-state index is 12.7. The van der Waals surface area contributed by atoms with Gasteiger partial charge in [0.15, 0.2) is 0 Å². The molecule has 0 unspecified atom stereocenters. The first-order valence-electron chi connectivity index (χ1n) is 8.07. The first-order chi connectivity index (χ1) is 10.8. The Morgan fingerprint density at radius 3 is 3.09 bits per heavy atom. The number of hydrogen-bond donors (Lipinski definition) is 0. The summed E-state index contributed by atoms with van der Waals surface area (Å²) in [6, 6.07) is 2.18. The Morgan fingerprint density at radius 1 is 1.36 bits per heavy atom. The van der Waals surface area contributed by atoms with Gasteiger partial charge in [-0.3, -0.25) is 14.5 Å². The maximum Gasteiger partial charge on any atom is 0.251 e. The Kier molecular flexibility index (Phi) is 4.17. The normalized spacial score (nSPS) is 32.4. The molecule has 0 N–H and O–H groups in total. The minimum Gasteiger partial charge on any atom is -0.380 e. The van der Waals surface area contributed by atoms with Gasteiger partial charge in [0.25, 0.3) is 5.91 Å². The van der Waals surface area contributed by atoms with Crippen LogP contribution in [0, 0.1) is 17.8 Å². The molecule has 3 atom stereocenters. The van der Waals surface area contributed by atoms with Gasteiger partial charge in [0.2, 0.25) is 0 Å². The zero-order chi connectivity index (χ0) is 14.9. The van der Waals surface area contributed by atoms with Crippen LogP contribution in [0.3, 0.4) is 0 Å². The van der Waals surface area contributed by atoms with Crippen molar-refractivity contribution in [3.8, 4) is 0 Å². The topological polar surface area (TPSA) is 42.0 Å². The van der Waals surface area contributed by atoms with Crippen LogP contribution in [-0.4, -0.2) is 55.3 Å². The number of ether oxygens (including phenoxy) is 1. The van der Waals surface area contributed by atoms with Crippen molar-refractivity contribution < 1.29 is 14.4 Å².